The molecule has 1 N–H and O–H groups in total. The summed E-state index contributed by atoms with van der Waals surface area (Å²) >= 11 is 0. The number of hydrogen-bond donors (Lipinski definition) is 1. The highest BCUT2D eigenvalue weighted by molar-refractivity contribution is 5.84. The van der Waals surface area contributed by atoms with Crippen LogP contribution in [0, 0.1) is 11.3 Å². The lowest BCUT2D eigenvalue weighted by molar-refractivity contribution is -0.171. The molecule has 0 radical (unpaired) electrons. The van der Waals surface area contributed by atoms with E-state index in [0.29, 0.717) is 13.0 Å². The average Bonchev–Trinajstić information content (AvgIpc) is 2.61. The highest BCUT2D eigenvalue weighted by Crippen LogP contribution is 2.13. The van der Waals surface area contributed by atoms with Gasteiger partial charge in [-0.2, -0.15) is 5.26 Å². The van der Waals surface area contributed by atoms with Gasteiger partial charge in [0.05, 0.1) is 25.9 Å². The molecule has 2 atom stereocenters. The summed E-state index contributed by atoms with van der Waals surface area (Å²) in [6, 6.07) is 0.619. The van der Waals surface area contributed by atoms with Crippen molar-refractivity contribution in [3.05, 3.63) is 12.7 Å². The summed E-state index contributed by atoms with van der Waals surface area (Å²) in [4.78, 5) is 24.6. The van der Waals surface area contributed by atoms with E-state index in [0.717, 1.165) is 24.2 Å². The largest absolute Gasteiger partial charge is 0.480 e. The molecule has 0 aromatic heterocycles. The minimum atomic E-state index is -1.21. The molecule has 1 fully saturated rings. The van der Waals surface area contributed by atoms with E-state index in [2.05, 4.69) is 6.58 Å². The van der Waals surface area contributed by atoms with Crippen molar-refractivity contribution in [3.8, 4) is 6.07 Å². The van der Waals surface area contributed by atoms with E-state index in [9.17, 15) is 14.7 Å². The molecule has 0 aromatic rings. The number of carboxylic acid groups (broad SMARTS) is 1. The average molecular weight is 354 g/mol. The van der Waals surface area contributed by atoms with Crippen molar-refractivity contribution in [2.75, 3.05) is 33.0 Å². The summed E-state index contributed by atoms with van der Waals surface area (Å²) in [6.07, 6.45) is 4.79. The molecule has 8 nitrogen and oxygen atoms in total. The molecular formula is C17H26N2O6. The highest BCUT2D eigenvalue weighted by atomic mass is 16.7. The molecule has 1 saturated heterocycles. The standard InChI is InChI=1S/C17H26N2O6/c1-2-3-6-15(20)19(9-8-18)14(17(21)22)13-23-11-12-25-16-7-4-5-10-24-16/h2,14,16H,1,3-7,9-13H2,(H,21,22). The normalized spacial score (nSPS) is 18.1. The topological polar surface area (TPSA) is 109 Å². The molecule has 1 rings (SSSR count). The second kappa shape index (κ2) is 12.4. The molecule has 8 heteroatoms. The van der Waals surface area contributed by atoms with Crippen molar-refractivity contribution in [1.82, 2.24) is 4.90 Å². The fourth-order valence-corrected chi connectivity index (χ4v) is 2.39. The Labute approximate surface area is 147 Å². The molecule has 25 heavy (non-hydrogen) atoms. The lowest BCUT2D eigenvalue weighted by Gasteiger charge is -2.27. The second-order valence-corrected chi connectivity index (χ2v) is 5.60. The predicted octanol–water partition coefficient (Wildman–Crippen LogP) is 1.32. The van der Waals surface area contributed by atoms with Crippen molar-refractivity contribution < 1.29 is 28.9 Å². The van der Waals surface area contributed by atoms with E-state index >= 15 is 0 Å². The van der Waals surface area contributed by atoms with Gasteiger partial charge >= 0.3 is 5.97 Å². The summed E-state index contributed by atoms with van der Waals surface area (Å²) in [5.41, 5.74) is 0. The van der Waals surface area contributed by atoms with Crippen molar-refractivity contribution in [1.29, 1.82) is 5.26 Å². The van der Waals surface area contributed by atoms with Gasteiger partial charge in [-0.3, -0.25) is 4.79 Å². The van der Waals surface area contributed by atoms with Gasteiger partial charge in [-0.15, -0.1) is 6.58 Å². The van der Waals surface area contributed by atoms with Crippen LogP contribution >= 0.6 is 0 Å². The first-order valence-corrected chi connectivity index (χ1v) is 8.41. The number of ether oxygens (including phenoxy) is 3. The van der Waals surface area contributed by atoms with Crippen molar-refractivity contribution >= 4 is 11.9 Å². The van der Waals surface area contributed by atoms with Crippen molar-refractivity contribution in [2.45, 2.75) is 44.4 Å². The van der Waals surface area contributed by atoms with Crippen LogP contribution in [0.5, 0.6) is 0 Å². The van der Waals surface area contributed by atoms with Crippen molar-refractivity contribution in [3.63, 3.8) is 0 Å². The van der Waals surface area contributed by atoms with Gasteiger partial charge in [0.2, 0.25) is 5.91 Å². The van der Waals surface area contributed by atoms with Crippen LogP contribution in [-0.2, 0) is 23.8 Å². The predicted molar refractivity (Wildman–Crippen MR) is 88.5 cm³/mol. The molecule has 1 amide bonds. The van der Waals surface area contributed by atoms with E-state index in [-0.39, 0.29) is 39.1 Å². The third-order valence-corrected chi connectivity index (χ3v) is 3.73. The first-order chi connectivity index (χ1) is 12.1. The molecule has 140 valence electrons. The first kappa shape index (κ1) is 21.1. The zero-order valence-corrected chi connectivity index (χ0v) is 14.4. The van der Waals surface area contributed by atoms with Crippen LogP contribution in [0.2, 0.25) is 0 Å². The van der Waals surface area contributed by atoms with Gasteiger partial charge in [-0.05, 0) is 25.7 Å². The molecule has 0 spiro atoms. The fourth-order valence-electron chi connectivity index (χ4n) is 2.39. The Kier molecular flexibility index (Phi) is 10.5. The Balaban J connectivity index is 2.42. The van der Waals surface area contributed by atoms with E-state index in [4.69, 9.17) is 19.5 Å². The molecule has 1 aliphatic rings. The first-order valence-electron chi connectivity index (χ1n) is 8.41. The van der Waals surface area contributed by atoms with Crippen LogP contribution in [0.25, 0.3) is 0 Å². The zero-order valence-electron chi connectivity index (χ0n) is 14.4. The van der Waals surface area contributed by atoms with Crippen molar-refractivity contribution in [2.24, 2.45) is 0 Å². The van der Waals surface area contributed by atoms with E-state index in [1.54, 1.807) is 6.08 Å². The maximum Gasteiger partial charge on any atom is 0.328 e. The van der Waals surface area contributed by atoms with Gasteiger partial charge in [0.25, 0.3) is 0 Å². The maximum absolute atomic E-state index is 12.1. The lowest BCUT2D eigenvalue weighted by Crippen LogP contribution is -2.48. The van der Waals surface area contributed by atoms with E-state index in [1.165, 1.54) is 0 Å². The molecule has 2 unspecified atom stereocenters. The quantitative estimate of drug-likeness (QED) is 0.320. The van der Waals surface area contributed by atoms with Gasteiger partial charge in [0, 0.05) is 13.0 Å². The minimum Gasteiger partial charge on any atom is -0.480 e. The number of hydrogen-bond acceptors (Lipinski definition) is 6. The van der Waals surface area contributed by atoms with E-state index < -0.39 is 17.9 Å². The third kappa shape index (κ3) is 8.12. The minimum absolute atomic E-state index is 0.108. The number of allylic oxidation sites excluding steroid dienone is 1. The molecule has 0 aromatic carbocycles. The van der Waals surface area contributed by atoms with E-state index in [1.807, 2.05) is 6.07 Å². The Hall–Kier alpha value is -1.95. The number of aliphatic carboxylic acids is 1. The molecule has 0 bridgehead atoms. The summed E-state index contributed by atoms with van der Waals surface area (Å²) in [5, 5.41) is 18.2. The van der Waals surface area contributed by atoms with Crippen LogP contribution in [0.15, 0.2) is 12.7 Å². The van der Waals surface area contributed by atoms with Gasteiger partial charge < -0.3 is 24.2 Å². The van der Waals surface area contributed by atoms with Crippen LogP contribution in [0.4, 0.5) is 0 Å². The number of carbonyl (C=O) groups excluding carboxylic acids is 1. The van der Waals surface area contributed by atoms with Crippen LogP contribution in [-0.4, -0.2) is 67.2 Å². The Bertz CT molecular complexity index is 470. The lowest BCUT2D eigenvalue weighted by atomic mass is 10.2. The summed E-state index contributed by atoms with van der Waals surface area (Å²) in [5.74, 6) is -1.62. The van der Waals surface area contributed by atoms with Gasteiger partial charge in [0.15, 0.2) is 12.3 Å². The Morgan fingerprint density at radius 2 is 2.24 bits per heavy atom. The van der Waals surface area contributed by atoms with Crippen LogP contribution in [0.3, 0.4) is 0 Å². The smallest absolute Gasteiger partial charge is 0.328 e. The van der Waals surface area contributed by atoms with Gasteiger partial charge in [0.1, 0.15) is 6.54 Å². The molecule has 1 aliphatic heterocycles. The number of nitrogens with zero attached hydrogens (tertiary/aromatic N) is 2. The van der Waals surface area contributed by atoms with Crippen LogP contribution < -0.4 is 0 Å². The fraction of sp³-hybridized carbons (Fsp3) is 0.706. The number of carbonyl (C=O) groups is 2. The molecular weight excluding hydrogens is 328 g/mol. The maximum atomic E-state index is 12.1. The zero-order chi connectivity index (χ0) is 18.5. The summed E-state index contributed by atoms with van der Waals surface area (Å²) in [6.45, 7) is 4.17. The number of amides is 1. The molecule has 0 saturated carbocycles. The number of carboxylic acids is 1. The number of rotatable bonds is 12. The SMILES string of the molecule is C=CCCC(=O)N(CC#N)C(COCCOC1CCCCO1)C(=O)O. The summed E-state index contributed by atoms with van der Waals surface area (Å²) in [7, 11) is 0. The number of nitriles is 1. The van der Waals surface area contributed by atoms with Gasteiger partial charge in [-0.25, -0.2) is 4.79 Å². The van der Waals surface area contributed by atoms with Crippen LogP contribution in [0.1, 0.15) is 32.1 Å². The highest BCUT2D eigenvalue weighted by Gasteiger charge is 2.29. The third-order valence-electron chi connectivity index (χ3n) is 3.73. The Morgan fingerprint density at radius 3 is 2.84 bits per heavy atom. The Morgan fingerprint density at radius 1 is 1.44 bits per heavy atom. The molecule has 1 heterocycles. The summed E-state index contributed by atoms with van der Waals surface area (Å²) < 4.78 is 16.3. The molecule has 0 aliphatic carbocycles. The van der Waals surface area contributed by atoms with Gasteiger partial charge in [-0.1, -0.05) is 6.08 Å². The second-order valence-electron chi connectivity index (χ2n) is 5.60. The monoisotopic (exact) mass is 354 g/mol.